The topological polar surface area (TPSA) is 25.2 Å². The van der Waals surface area contributed by atoms with Gasteiger partial charge in [0.1, 0.15) is 0 Å². The molecule has 2 nitrogen and oxygen atoms in total. The lowest BCUT2D eigenvalue weighted by atomic mass is 10.1. The van der Waals surface area contributed by atoms with E-state index in [1.54, 1.807) is 17.6 Å². The second-order valence-electron chi connectivity index (χ2n) is 3.01. The van der Waals surface area contributed by atoms with Gasteiger partial charge in [-0.1, -0.05) is 0 Å². The van der Waals surface area contributed by atoms with Crippen molar-refractivity contribution >= 4 is 43.2 Å². The van der Waals surface area contributed by atoms with Gasteiger partial charge in [-0.3, -0.25) is 0 Å². The fourth-order valence-electron chi connectivity index (χ4n) is 1.44. The molecule has 2 aromatic rings. The van der Waals surface area contributed by atoms with Crippen LogP contribution in [0.3, 0.4) is 0 Å². The quantitative estimate of drug-likeness (QED) is 0.898. The van der Waals surface area contributed by atoms with Gasteiger partial charge in [0.05, 0.1) is 16.1 Å². The van der Waals surface area contributed by atoms with Gasteiger partial charge in [0.2, 0.25) is 0 Å². The second kappa shape index (κ2) is 4.82. The molecule has 15 heavy (non-hydrogen) atoms. The summed E-state index contributed by atoms with van der Waals surface area (Å²) < 4.78 is 7.17. The summed E-state index contributed by atoms with van der Waals surface area (Å²) in [5, 5.41) is 3.27. The third-order valence-electron chi connectivity index (χ3n) is 2.12. The van der Waals surface area contributed by atoms with Crippen LogP contribution in [-0.2, 0) is 0 Å². The Kier molecular flexibility index (Phi) is 3.66. The molecule has 2 heterocycles. The molecule has 1 N–H and O–H groups in total. The van der Waals surface area contributed by atoms with E-state index in [1.165, 1.54) is 4.88 Å². The molecule has 1 unspecified atom stereocenters. The zero-order chi connectivity index (χ0) is 10.8. The van der Waals surface area contributed by atoms with Gasteiger partial charge in [0.25, 0.3) is 0 Å². The maximum atomic E-state index is 5.25. The van der Waals surface area contributed by atoms with Crippen molar-refractivity contribution in [3.05, 3.63) is 43.4 Å². The number of thiophene rings is 1. The summed E-state index contributed by atoms with van der Waals surface area (Å²) in [4.78, 5) is 1.26. The van der Waals surface area contributed by atoms with Crippen LogP contribution in [-0.4, -0.2) is 7.05 Å². The van der Waals surface area contributed by atoms with E-state index in [2.05, 4.69) is 49.3 Å². The van der Waals surface area contributed by atoms with Crippen molar-refractivity contribution in [1.29, 1.82) is 0 Å². The van der Waals surface area contributed by atoms with Crippen LogP contribution >= 0.6 is 43.2 Å². The minimum Gasteiger partial charge on any atom is -0.457 e. The van der Waals surface area contributed by atoms with Gasteiger partial charge in [-0.05, 0) is 57.1 Å². The molecule has 2 aromatic heterocycles. The number of rotatable bonds is 3. The van der Waals surface area contributed by atoms with Crippen LogP contribution in [0.15, 0.2) is 37.3 Å². The van der Waals surface area contributed by atoms with Crippen LogP contribution in [0.1, 0.15) is 16.5 Å². The maximum Gasteiger partial charge on any atom is 0.174 e. The van der Waals surface area contributed by atoms with Gasteiger partial charge in [-0.2, -0.15) is 0 Å². The predicted molar refractivity (Wildman–Crippen MR) is 69.3 cm³/mol. The fraction of sp³-hybridized carbons (Fsp3) is 0.200. The fourth-order valence-corrected chi connectivity index (χ4v) is 3.47. The molecule has 0 amide bonds. The molecular formula is C10H9Br2NOS. The average molecular weight is 351 g/mol. The Labute approximate surface area is 109 Å². The number of furan rings is 1. The Morgan fingerprint density at radius 3 is 2.60 bits per heavy atom. The van der Waals surface area contributed by atoms with E-state index >= 15 is 0 Å². The first kappa shape index (κ1) is 11.4. The van der Waals surface area contributed by atoms with Gasteiger partial charge in [-0.15, -0.1) is 11.3 Å². The van der Waals surface area contributed by atoms with Crippen molar-refractivity contribution in [1.82, 2.24) is 5.32 Å². The smallest absolute Gasteiger partial charge is 0.174 e. The molecule has 0 aliphatic rings. The first-order valence-corrected chi connectivity index (χ1v) is 6.78. The predicted octanol–water partition coefficient (Wildman–Crippen LogP) is 4.17. The van der Waals surface area contributed by atoms with E-state index in [4.69, 9.17) is 4.42 Å². The largest absolute Gasteiger partial charge is 0.457 e. The Morgan fingerprint density at radius 2 is 2.13 bits per heavy atom. The van der Waals surface area contributed by atoms with E-state index in [0.29, 0.717) is 0 Å². The molecule has 0 saturated heterocycles. The van der Waals surface area contributed by atoms with Crippen LogP contribution in [0.4, 0.5) is 0 Å². The molecule has 0 aliphatic carbocycles. The number of hydrogen-bond acceptors (Lipinski definition) is 3. The van der Waals surface area contributed by atoms with Gasteiger partial charge in [-0.25, -0.2) is 0 Å². The van der Waals surface area contributed by atoms with Crippen molar-refractivity contribution in [2.24, 2.45) is 0 Å². The summed E-state index contributed by atoms with van der Waals surface area (Å²) in [5.74, 6) is 0. The van der Waals surface area contributed by atoms with Crippen LogP contribution in [0.25, 0.3) is 0 Å². The molecule has 0 aliphatic heterocycles. The summed E-state index contributed by atoms with van der Waals surface area (Å²) in [6.45, 7) is 0. The van der Waals surface area contributed by atoms with Crippen molar-refractivity contribution in [2.75, 3.05) is 7.05 Å². The highest BCUT2D eigenvalue weighted by Gasteiger charge is 2.18. The van der Waals surface area contributed by atoms with Crippen LogP contribution in [0.5, 0.6) is 0 Å². The zero-order valence-corrected chi connectivity index (χ0v) is 11.9. The maximum absolute atomic E-state index is 5.25. The van der Waals surface area contributed by atoms with E-state index in [1.807, 2.05) is 13.1 Å². The molecule has 2 rings (SSSR count). The lowest BCUT2D eigenvalue weighted by Gasteiger charge is -2.12. The number of hydrogen-bond donors (Lipinski definition) is 1. The molecule has 0 bridgehead atoms. The Hall–Kier alpha value is -0.100. The standard InChI is InChI=1S/C10H9Br2NOS/c1-13-9(6-4-5-14-10(6)12)7-2-3-8(11)15-7/h2-5,9,13H,1H3. The van der Waals surface area contributed by atoms with E-state index in [0.717, 1.165) is 14.0 Å². The lowest BCUT2D eigenvalue weighted by molar-refractivity contribution is 0.531. The Balaban J connectivity index is 2.36. The van der Waals surface area contributed by atoms with Crippen molar-refractivity contribution in [2.45, 2.75) is 6.04 Å². The minimum atomic E-state index is 0.175. The van der Waals surface area contributed by atoms with Crippen molar-refractivity contribution < 1.29 is 4.42 Å². The van der Waals surface area contributed by atoms with E-state index in [-0.39, 0.29) is 6.04 Å². The molecule has 80 valence electrons. The SMILES string of the molecule is CNC(c1ccc(Br)s1)c1ccoc1Br. The molecule has 0 fully saturated rings. The summed E-state index contributed by atoms with van der Waals surface area (Å²) in [5.41, 5.74) is 1.12. The molecule has 0 radical (unpaired) electrons. The molecule has 5 heteroatoms. The minimum absolute atomic E-state index is 0.175. The average Bonchev–Trinajstić information content (AvgIpc) is 2.79. The van der Waals surface area contributed by atoms with E-state index in [9.17, 15) is 0 Å². The molecular weight excluding hydrogens is 342 g/mol. The van der Waals surface area contributed by atoms with Crippen LogP contribution < -0.4 is 5.32 Å². The third-order valence-corrected chi connectivity index (χ3v) is 4.46. The Morgan fingerprint density at radius 1 is 1.33 bits per heavy atom. The molecule has 0 saturated carbocycles. The second-order valence-corrected chi connectivity index (χ2v) is 6.23. The normalized spacial score (nSPS) is 13.0. The summed E-state index contributed by atoms with van der Waals surface area (Å²) >= 11 is 8.58. The van der Waals surface area contributed by atoms with Gasteiger partial charge in [0, 0.05) is 10.4 Å². The molecule has 0 aromatic carbocycles. The van der Waals surface area contributed by atoms with Crippen molar-refractivity contribution in [3.8, 4) is 0 Å². The number of nitrogens with one attached hydrogen (secondary N) is 1. The van der Waals surface area contributed by atoms with E-state index < -0.39 is 0 Å². The summed E-state index contributed by atoms with van der Waals surface area (Å²) in [6.07, 6.45) is 1.69. The Bertz CT molecular complexity index is 452. The molecule has 0 spiro atoms. The highest BCUT2D eigenvalue weighted by atomic mass is 79.9. The summed E-state index contributed by atoms with van der Waals surface area (Å²) in [6, 6.07) is 6.31. The van der Waals surface area contributed by atoms with Crippen LogP contribution in [0, 0.1) is 0 Å². The van der Waals surface area contributed by atoms with Gasteiger partial charge < -0.3 is 9.73 Å². The monoisotopic (exact) mass is 349 g/mol. The zero-order valence-electron chi connectivity index (χ0n) is 7.96. The summed E-state index contributed by atoms with van der Waals surface area (Å²) in [7, 11) is 1.94. The first-order valence-electron chi connectivity index (χ1n) is 4.37. The van der Waals surface area contributed by atoms with Gasteiger partial charge >= 0.3 is 0 Å². The number of halogens is 2. The third kappa shape index (κ3) is 2.36. The first-order chi connectivity index (χ1) is 7.22. The molecule has 1 atom stereocenters. The highest BCUT2D eigenvalue weighted by Crippen LogP contribution is 2.34. The van der Waals surface area contributed by atoms with Gasteiger partial charge in [0.15, 0.2) is 4.67 Å². The van der Waals surface area contributed by atoms with Crippen molar-refractivity contribution in [3.63, 3.8) is 0 Å². The van der Waals surface area contributed by atoms with Crippen LogP contribution in [0.2, 0.25) is 0 Å². The lowest BCUT2D eigenvalue weighted by Crippen LogP contribution is -2.16. The highest BCUT2D eigenvalue weighted by molar-refractivity contribution is 9.11.